The van der Waals surface area contributed by atoms with Crippen LogP contribution >= 0.6 is 0 Å². The van der Waals surface area contributed by atoms with E-state index in [1.54, 1.807) is 0 Å². The second kappa shape index (κ2) is 8.97. The summed E-state index contributed by atoms with van der Waals surface area (Å²) in [5, 5.41) is 2.65. The van der Waals surface area contributed by atoms with Crippen molar-refractivity contribution in [1.82, 2.24) is 10.4 Å². The lowest BCUT2D eigenvalue weighted by Gasteiger charge is -2.26. The molecule has 0 aliphatic carbocycles. The zero-order chi connectivity index (χ0) is 22.6. The Morgan fingerprint density at radius 1 is 0.697 bits per heavy atom. The molecule has 0 radical (unpaired) electrons. The van der Waals surface area contributed by atoms with Crippen molar-refractivity contribution in [3.8, 4) is 11.3 Å². The number of hydrogen-bond donors (Lipinski definition) is 1. The molecular formula is C29H23N3O. The van der Waals surface area contributed by atoms with Crippen LogP contribution in [0.25, 0.3) is 22.2 Å². The van der Waals surface area contributed by atoms with Crippen molar-refractivity contribution in [3.63, 3.8) is 0 Å². The molecule has 0 aliphatic heterocycles. The van der Waals surface area contributed by atoms with Crippen molar-refractivity contribution < 1.29 is 4.79 Å². The third-order valence-electron chi connectivity index (χ3n) is 5.65. The van der Waals surface area contributed by atoms with Crippen molar-refractivity contribution in [1.29, 1.82) is 0 Å². The number of nitrogens with zero attached hydrogens (tertiary/aromatic N) is 2. The van der Waals surface area contributed by atoms with E-state index in [1.165, 1.54) is 0 Å². The first-order valence-corrected chi connectivity index (χ1v) is 10.9. The number of nitrogens with one attached hydrogen (secondary N) is 1. The number of carbonyl (C=O) groups is 1. The van der Waals surface area contributed by atoms with Gasteiger partial charge in [0.15, 0.2) is 0 Å². The first-order valence-electron chi connectivity index (χ1n) is 10.9. The van der Waals surface area contributed by atoms with E-state index in [-0.39, 0.29) is 5.91 Å². The molecule has 4 aromatic carbocycles. The fourth-order valence-corrected chi connectivity index (χ4v) is 4.07. The molecule has 0 atom stereocenters. The maximum Gasteiger partial charge on any atom is 0.271 e. The van der Waals surface area contributed by atoms with E-state index >= 15 is 0 Å². The highest BCUT2D eigenvalue weighted by molar-refractivity contribution is 6.09. The Morgan fingerprint density at radius 3 is 1.82 bits per heavy atom. The minimum Gasteiger partial charge on any atom is -0.267 e. The number of amides is 1. The molecule has 0 unspecified atom stereocenters. The van der Waals surface area contributed by atoms with Gasteiger partial charge in [0.05, 0.1) is 28.1 Å². The molecule has 1 heterocycles. The molecule has 0 fully saturated rings. The fraction of sp³-hybridized carbons (Fsp3) is 0.0345. The van der Waals surface area contributed by atoms with Crippen LogP contribution < -0.4 is 10.4 Å². The number of carbonyl (C=O) groups excluding carboxylic acids is 1. The molecule has 0 saturated carbocycles. The van der Waals surface area contributed by atoms with Crippen LogP contribution in [0.2, 0.25) is 0 Å². The largest absolute Gasteiger partial charge is 0.271 e. The molecule has 1 aromatic heterocycles. The van der Waals surface area contributed by atoms with Crippen LogP contribution in [0, 0.1) is 6.92 Å². The Labute approximate surface area is 193 Å². The van der Waals surface area contributed by atoms with Crippen LogP contribution in [0.15, 0.2) is 115 Å². The molecule has 0 aliphatic rings. The number of hydrazine groups is 1. The summed E-state index contributed by atoms with van der Waals surface area (Å²) >= 11 is 0. The maximum atomic E-state index is 13.8. The van der Waals surface area contributed by atoms with Gasteiger partial charge >= 0.3 is 0 Å². The molecule has 160 valence electrons. The molecule has 0 bridgehead atoms. The molecule has 0 spiro atoms. The van der Waals surface area contributed by atoms with Gasteiger partial charge < -0.3 is 0 Å². The highest BCUT2D eigenvalue weighted by Gasteiger charge is 2.21. The van der Waals surface area contributed by atoms with E-state index in [4.69, 9.17) is 4.98 Å². The SMILES string of the molecule is Cc1c(-c2ccccc2)nc2ccccc2c1C(=O)NN(c1ccccc1)c1ccccc1. The lowest BCUT2D eigenvalue weighted by atomic mass is 9.97. The van der Waals surface area contributed by atoms with E-state index in [2.05, 4.69) is 5.43 Å². The van der Waals surface area contributed by atoms with Crippen LogP contribution in [0.4, 0.5) is 11.4 Å². The molecule has 1 amide bonds. The molecule has 1 N–H and O–H groups in total. The van der Waals surface area contributed by atoms with E-state index in [9.17, 15) is 4.79 Å². The van der Waals surface area contributed by atoms with Crippen molar-refractivity contribution in [2.75, 3.05) is 5.01 Å². The monoisotopic (exact) mass is 429 g/mol. The lowest BCUT2D eigenvalue weighted by molar-refractivity contribution is 0.0955. The summed E-state index contributed by atoms with van der Waals surface area (Å²) < 4.78 is 0. The summed E-state index contributed by atoms with van der Waals surface area (Å²) in [5.41, 5.74) is 8.94. The molecule has 4 nitrogen and oxygen atoms in total. The Morgan fingerprint density at radius 2 is 1.21 bits per heavy atom. The summed E-state index contributed by atoms with van der Waals surface area (Å²) in [6.07, 6.45) is 0. The second-order valence-electron chi connectivity index (χ2n) is 7.79. The first kappa shape index (κ1) is 20.5. The van der Waals surface area contributed by atoms with Gasteiger partial charge in [-0.15, -0.1) is 0 Å². The number of para-hydroxylation sites is 3. The van der Waals surface area contributed by atoms with Gasteiger partial charge in [0, 0.05) is 10.9 Å². The Hall–Kier alpha value is -4.44. The summed E-state index contributed by atoms with van der Waals surface area (Å²) in [6.45, 7) is 1.96. The Bertz CT molecular complexity index is 1360. The third-order valence-corrected chi connectivity index (χ3v) is 5.65. The summed E-state index contributed by atoms with van der Waals surface area (Å²) in [7, 11) is 0. The quantitative estimate of drug-likeness (QED) is 0.317. The van der Waals surface area contributed by atoms with Crippen LogP contribution in [0.5, 0.6) is 0 Å². The van der Waals surface area contributed by atoms with Gasteiger partial charge in [-0.1, -0.05) is 84.9 Å². The van der Waals surface area contributed by atoms with Crippen LogP contribution in [0.1, 0.15) is 15.9 Å². The van der Waals surface area contributed by atoms with Gasteiger partial charge in [-0.25, -0.2) is 4.98 Å². The Balaban J connectivity index is 1.64. The summed E-state index contributed by atoms with van der Waals surface area (Å²) in [5.74, 6) is -0.184. The predicted molar refractivity (Wildman–Crippen MR) is 134 cm³/mol. The zero-order valence-electron chi connectivity index (χ0n) is 18.3. The van der Waals surface area contributed by atoms with E-state index in [0.29, 0.717) is 5.56 Å². The van der Waals surface area contributed by atoms with Crippen molar-refractivity contribution in [2.24, 2.45) is 0 Å². The Kier molecular flexibility index (Phi) is 5.56. The zero-order valence-corrected chi connectivity index (χ0v) is 18.3. The van der Waals surface area contributed by atoms with Crippen LogP contribution in [0.3, 0.4) is 0 Å². The number of fused-ring (bicyclic) bond motifs is 1. The lowest BCUT2D eigenvalue weighted by Crippen LogP contribution is -2.39. The molecular weight excluding hydrogens is 406 g/mol. The average molecular weight is 430 g/mol. The van der Waals surface area contributed by atoms with Crippen LogP contribution in [-0.2, 0) is 0 Å². The highest BCUT2D eigenvalue weighted by Crippen LogP contribution is 2.30. The minimum atomic E-state index is -0.184. The van der Waals surface area contributed by atoms with Crippen molar-refractivity contribution in [3.05, 3.63) is 126 Å². The minimum absolute atomic E-state index is 0.184. The van der Waals surface area contributed by atoms with Gasteiger partial charge in [0.1, 0.15) is 0 Å². The van der Waals surface area contributed by atoms with E-state index in [1.807, 2.05) is 127 Å². The first-order chi connectivity index (χ1) is 16.2. The fourth-order valence-electron chi connectivity index (χ4n) is 4.07. The second-order valence-corrected chi connectivity index (χ2v) is 7.79. The number of rotatable bonds is 5. The average Bonchev–Trinajstić information content (AvgIpc) is 2.88. The number of hydrogen-bond acceptors (Lipinski definition) is 3. The molecule has 0 saturated heterocycles. The van der Waals surface area contributed by atoms with Gasteiger partial charge in [0.25, 0.3) is 5.91 Å². The van der Waals surface area contributed by atoms with E-state index in [0.717, 1.165) is 39.1 Å². The number of anilines is 2. The number of pyridine rings is 1. The summed E-state index contributed by atoms with van der Waals surface area (Å²) in [4.78, 5) is 18.7. The van der Waals surface area contributed by atoms with Gasteiger partial charge in [-0.05, 0) is 42.8 Å². The number of aromatic nitrogens is 1. The predicted octanol–water partition coefficient (Wildman–Crippen LogP) is 6.69. The van der Waals surface area contributed by atoms with Crippen molar-refractivity contribution in [2.45, 2.75) is 6.92 Å². The maximum absolute atomic E-state index is 13.8. The van der Waals surface area contributed by atoms with Crippen LogP contribution in [-0.4, -0.2) is 10.9 Å². The van der Waals surface area contributed by atoms with Crippen molar-refractivity contribution >= 4 is 28.2 Å². The summed E-state index contributed by atoms with van der Waals surface area (Å²) in [6, 6.07) is 37.4. The smallest absolute Gasteiger partial charge is 0.267 e. The molecule has 33 heavy (non-hydrogen) atoms. The molecule has 5 aromatic rings. The van der Waals surface area contributed by atoms with Gasteiger partial charge in [0.2, 0.25) is 0 Å². The van der Waals surface area contributed by atoms with E-state index < -0.39 is 0 Å². The topological polar surface area (TPSA) is 45.2 Å². The normalized spacial score (nSPS) is 10.7. The van der Waals surface area contributed by atoms with Gasteiger partial charge in [-0.2, -0.15) is 0 Å². The standard InChI is InChI=1S/C29H23N3O/c1-21-27(25-19-11-12-20-26(25)30-28(21)22-13-5-2-6-14-22)29(33)31-32(23-15-7-3-8-16-23)24-17-9-4-10-18-24/h2-20H,1H3,(H,31,33). The third kappa shape index (κ3) is 4.06. The molecule has 5 rings (SSSR count). The van der Waals surface area contributed by atoms with Gasteiger partial charge in [-0.3, -0.25) is 15.2 Å². The molecule has 4 heteroatoms. The number of benzene rings is 4. The highest BCUT2D eigenvalue weighted by atomic mass is 16.2.